The van der Waals surface area contributed by atoms with Gasteiger partial charge in [-0.1, -0.05) is 36.4 Å². The Bertz CT molecular complexity index is 1060. The molecule has 154 valence electrons. The maximum absolute atomic E-state index is 12.8. The van der Waals surface area contributed by atoms with Crippen molar-refractivity contribution in [1.82, 2.24) is 10.2 Å². The van der Waals surface area contributed by atoms with Crippen molar-refractivity contribution in [2.45, 2.75) is 25.9 Å². The first-order valence-electron chi connectivity index (χ1n) is 9.93. The molecule has 4 rings (SSSR count). The van der Waals surface area contributed by atoms with Gasteiger partial charge in [0, 0.05) is 36.9 Å². The molecule has 3 amide bonds. The number of imide groups is 1. The maximum atomic E-state index is 12.8. The van der Waals surface area contributed by atoms with Crippen LogP contribution < -0.4 is 10.1 Å². The molecule has 7 heteroatoms. The molecule has 1 saturated heterocycles. The predicted molar refractivity (Wildman–Crippen MR) is 110 cm³/mol. The fourth-order valence-electron chi connectivity index (χ4n) is 3.49. The molecule has 0 bridgehead atoms. The van der Waals surface area contributed by atoms with Crippen LogP contribution in [-0.4, -0.2) is 35.7 Å². The van der Waals surface area contributed by atoms with Crippen molar-refractivity contribution in [3.63, 3.8) is 0 Å². The Balaban J connectivity index is 1.42. The number of nitrogens with one attached hydrogen (secondary N) is 1. The van der Waals surface area contributed by atoms with Crippen LogP contribution in [0.4, 0.5) is 0 Å². The van der Waals surface area contributed by atoms with Gasteiger partial charge in [0.05, 0.1) is 0 Å². The van der Waals surface area contributed by atoms with E-state index >= 15 is 0 Å². The second-order valence-electron chi connectivity index (χ2n) is 7.06. The van der Waals surface area contributed by atoms with Crippen LogP contribution in [-0.2, 0) is 16.2 Å². The highest BCUT2D eigenvalue weighted by Gasteiger charge is 2.28. The molecule has 30 heavy (non-hydrogen) atoms. The van der Waals surface area contributed by atoms with Crippen LogP contribution in [0, 0.1) is 0 Å². The van der Waals surface area contributed by atoms with E-state index in [1.807, 2.05) is 54.6 Å². The van der Waals surface area contributed by atoms with Gasteiger partial charge < -0.3 is 14.5 Å². The summed E-state index contributed by atoms with van der Waals surface area (Å²) in [7, 11) is 0. The highest BCUT2D eigenvalue weighted by molar-refractivity contribution is 6.02. The van der Waals surface area contributed by atoms with Crippen molar-refractivity contribution in [2.75, 3.05) is 13.1 Å². The van der Waals surface area contributed by atoms with Gasteiger partial charge in [-0.25, -0.2) is 0 Å². The third-order valence-corrected chi connectivity index (χ3v) is 5.03. The summed E-state index contributed by atoms with van der Waals surface area (Å²) in [6.45, 7) is 0.828. The standard InChI is InChI=1S/C23H22N2O5/c26-20-11-12-21(27)25(20)14-6-13-24-23(28)22-18(15-29-16-7-2-1-3-8-16)17-9-4-5-10-19(17)30-22/h1-5,7-10H,6,11-15H2,(H,24,28). The Hall–Kier alpha value is -3.61. The number of amides is 3. The number of furan rings is 1. The zero-order valence-electron chi connectivity index (χ0n) is 16.4. The van der Waals surface area contributed by atoms with E-state index < -0.39 is 0 Å². The first-order chi connectivity index (χ1) is 14.6. The summed E-state index contributed by atoms with van der Waals surface area (Å²) in [6.07, 6.45) is 1.03. The molecule has 0 radical (unpaired) electrons. The Morgan fingerprint density at radius 1 is 1.00 bits per heavy atom. The van der Waals surface area contributed by atoms with E-state index in [0.717, 1.165) is 5.39 Å². The zero-order valence-corrected chi connectivity index (χ0v) is 16.4. The summed E-state index contributed by atoms with van der Waals surface area (Å²) < 4.78 is 11.6. The Labute approximate surface area is 173 Å². The number of carbonyl (C=O) groups excluding carboxylic acids is 3. The smallest absolute Gasteiger partial charge is 0.287 e. The summed E-state index contributed by atoms with van der Waals surface area (Å²) in [5.74, 6) is 0.263. The Kier molecular flexibility index (Phi) is 5.79. The molecule has 1 aliphatic rings. The summed E-state index contributed by atoms with van der Waals surface area (Å²) in [6, 6.07) is 16.8. The van der Waals surface area contributed by atoms with E-state index in [4.69, 9.17) is 9.15 Å². The number of likely N-dealkylation sites (tertiary alicyclic amines) is 1. The molecule has 1 fully saturated rings. The minimum Gasteiger partial charge on any atom is -0.489 e. The number of carbonyl (C=O) groups is 3. The van der Waals surface area contributed by atoms with Crippen LogP contribution in [0.25, 0.3) is 11.0 Å². The lowest BCUT2D eigenvalue weighted by Gasteiger charge is -2.13. The normalized spacial score (nSPS) is 13.8. The fourth-order valence-corrected chi connectivity index (χ4v) is 3.49. The summed E-state index contributed by atoms with van der Waals surface area (Å²) in [5, 5.41) is 3.64. The van der Waals surface area contributed by atoms with Gasteiger partial charge in [-0.2, -0.15) is 0 Å². The fraction of sp³-hybridized carbons (Fsp3) is 0.261. The molecule has 3 aromatic rings. The molecule has 0 atom stereocenters. The summed E-state index contributed by atoms with van der Waals surface area (Å²) >= 11 is 0. The van der Waals surface area contributed by atoms with Crippen LogP contribution in [0.1, 0.15) is 35.4 Å². The van der Waals surface area contributed by atoms with Gasteiger partial charge in [-0.05, 0) is 24.6 Å². The SMILES string of the molecule is O=C(NCCCN1C(=O)CCC1=O)c1oc2ccccc2c1COc1ccccc1. The lowest BCUT2D eigenvalue weighted by atomic mass is 10.1. The first-order valence-corrected chi connectivity index (χ1v) is 9.93. The largest absolute Gasteiger partial charge is 0.489 e. The average Bonchev–Trinajstić information content (AvgIpc) is 3.30. The second kappa shape index (κ2) is 8.82. The van der Waals surface area contributed by atoms with Gasteiger partial charge in [0.25, 0.3) is 5.91 Å². The number of hydrogen-bond acceptors (Lipinski definition) is 5. The van der Waals surface area contributed by atoms with Crippen LogP contribution in [0.5, 0.6) is 5.75 Å². The van der Waals surface area contributed by atoms with Crippen molar-refractivity contribution in [3.05, 3.63) is 65.9 Å². The van der Waals surface area contributed by atoms with Gasteiger partial charge in [0.2, 0.25) is 11.8 Å². The number of hydrogen-bond donors (Lipinski definition) is 1. The third-order valence-electron chi connectivity index (χ3n) is 5.03. The minimum absolute atomic E-state index is 0.149. The molecule has 2 heterocycles. The van der Waals surface area contributed by atoms with Gasteiger partial charge >= 0.3 is 0 Å². The van der Waals surface area contributed by atoms with Gasteiger partial charge in [-0.15, -0.1) is 0 Å². The molecular formula is C23H22N2O5. The molecule has 7 nitrogen and oxygen atoms in total. The number of rotatable bonds is 8. The Morgan fingerprint density at radius 2 is 1.70 bits per heavy atom. The van der Waals surface area contributed by atoms with Crippen LogP contribution >= 0.6 is 0 Å². The van der Waals surface area contributed by atoms with Crippen molar-refractivity contribution < 1.29 is 23.5 Å². The molecule has 0 aliphatic carbocycles. The van der Waals surface area contributed by atoms with E-state index in [9.17, 15) is 14.4 Å². The van der Waals surface area contributed by atoms with Crippen molar-refractivity contribution in [2.24, 2.45) is 0 Å². The number of benzene rings is 2. The first kappa shape index (κ1) is 19.7. The number of nitrogens with zero attached hydrogens (tertiary/aromatic N) is 1. The zero-order chi connectivity index (χ0) is 20.9. The van der Waals surface area contributed by atoms with Crippen molar-refractivity contribution in [1.29, 1.82) is 0 Å². The number of para-hydroxylation sites is 2. The number of ether oxygens (including phenoxy) is 1. The third kappa shape index (κ3) is 4.20. The molecule has 1 aliphatic heterocycles. The molecular weight excluding hydrogens is 384 g/mol. The molecule has 1 aromatic heterocycles. The molecule has 2 aromatic carbocycles. The number of fused-ring (bicyclic) bond motifs is 1. The average molecular weight is 406 g/mol. The highest BCUT2D eigenvalue weighted by Crippen LogP contribution is 2.27. The van der Waals surface area contributed by atoms with Crippen LogP contribution in [0.2, 0.25) is 0 Å². The predicted octanol–water partition coefficient (Wildman–Crippen LogP) is 3.28. The van der Waals surface area contributed by atoms with Gasteiger partial charge in [-0.3, -0.25) is 19.3 Å². The van der Waals surface area contributed by atoms with E-state index in [-0.39, 0.29) is 42.9 Å². The van der Waals surface area contributed by atoms with Crippen LogP contribution in [0.3, 0.4) is 0 Å². The Morgan fingerprint density at radius 3 is 2.47 bits per heavy atom. The summed E-state index contributed by atoms with van der Waals surface area (Å²) in [4.78, 5) is 37.3. The molecule has 1 N–H and O–H groups in total. The summed E-state index contributed by atoms with van der Waals surface area (Å²) in [5.41, 5.74) is 1.29. The van der Waals surface area contributed by atoms with E-state index in [0.29, 0.717) is 36.4 Å². The van der Waals surface area contributed by atoms with E-state index in [1.54, 1.807) is 0 Å². The quantitative estimate of drug-likeness (QED) is 0.458. The second-order valence-corrected chi connectivity index (χ2v) is 7.06. The lowest BCUT2D eigenvalue weighted by Crippen LogP contribution is -2.33. The van der Waals surface area contributed by atoms with Gasteiger partial charge in [0.1, 0.15) is 17.9 Å². The molecule has 0 saturated carbocycles. The van der Waals surface area contributed by atoms with Crippen molar-refractivity contribution in [3.8, 4) is 5.75 Å². The molecule has 0 spiro atoms. The maximum Gasteiger partial charge on any atom is 0.287 e. The lowest BCUT2D eigenvalue weighted by molar-refractivity contribution is -0.138. The highest BCUT2D eigenvalue weighted by atomic mass is 16.5. The minimum atomic E-state index is -0.350. The van der Waals surface area contributed by atoms with Crippen molar-refractivity contribution >= 4 is 28.7 Å². The van der Waals surface area contributed by atoms with E-state index in [2.05, 4.69) is 5.32 Å². The van der Waals surface area contributed by atoms with Crippen LogP contribution in [0.15, 0.2) is 59.0 Å². The van der Waals surface area contributed by atoms with E-state index in [1.165, 1.54) is 4.90 Å². The van der Waals surface area contributed by atoms with Gasteiger partial charge in [0.15, 0.2) is 5.76 Å². The topological polar surface area (TPSA) is 88.9 Å². The monoisotopic (exact) mass is 406 g/mol. The molecule has 0 unspecified atom stereocenters.